The Morgan fingerprint density at radius 1 is 1.29 bits per heavy atom. The van der Waals surface area contributed by atoms with Crippen molar-refractivity contribution >= 4 is 11.0 Å². The molecule has 24 heavy (non-hydrogen) atoms. The first-order chi connectivity index (χ1) is 11.5. The lowest BCUT2D eigenvalue weighted by molar-refractivity contribution is 0.194. The normalized spacial score (nSPS) is 12.3. The number of pyridine rings is 2. The SMILES string of the molecule is COc1cccc(-n2c(=O)c(CC(C)O)c(O)c3cccnc32)c1. The standard InChI is InChI=1S/C18H18N2O4/c1-11(21)9-15-16(22)14-7-4-8-19-17(14)20(18(15)23)12-5-3-6-13(10-12)24-2/h3-8,10-11,21-22H,9H2,1-2H3. The molecular weight excluding hydrogens is 308 g/mol. The molecule has 0 aliphatic rings. The second-order valence-corrected chi connectivity index (χ2v) is 5.60. The summed E-state index contributed by atoms with van der Waals surface area (Å²) in [5.74, 6) is 0.469. The Kier molecular flexibility index (Phi) is 4.22. The molecule has 3 rings (SSSR count). The van der Waals surface area contributed by atoms with E-state index in [2.05, 4.69) is 4.98 Å². The van der Waals surface area contributed by atoms with Crippen molar-refractivity contribution < 1.29 is 14.9 Å². The van der Waals surface area contributed by atoms with Gasteiger partial charge in [0.25, 0.3) is 5.56 Å². The second kappa shape index (κ2) is 6.33. The highest BCUT2D eigenvalue weighted by molar-refractivity contribution is 5.84. The summed E-state index contributed by atoms with van der Waals surface area (Å²) in [6.07, 6.45) is 0.864. The summed E-state index contributed by atoms with van der Waals surface area (Å²) in [6.45, 7) is 1.57. The quantitative estimate of drug-likeness (QED) is 0.766. The van der Waals surface area contributed by atoms with Gasteiger partial charge in [0.15, 0.2) is 5.65 Å². The number of aromatic nitrogens is 2. The van der Waals surface area contributed by atoms with Crippen LogP contribution in [0, 0.1) is 0 Å². The van der Waals surface area contributed by atoms with Crippen molar-refractivity contribution in [2.45, 2.75) is 19.4 Å². The number of aliphatic hydroxyl groups excluding tert-OH is 1. The number of rotatable bonds is 4. The van der Waals surface area contributed by atoms with Crippen LogP contribution in [0.5, 0.6) is 11.5 Å². The molecule has 0 saturated carbocycles. The highest BCUT2D eigenvalue weighted by Gasteiger charge is 2.19. The smallest absolute Gasteiger partial charge is 0.263 e. The number of methoxy groups -OCH3 is 1. The molecule has 0 spiro atoms. The van der Waals surface area contributed by atoms with E-state index in [1.165, 1.54) is 4.57 Å². The third kappa shape index (κ3) is 2.72. The molecule has 0 bridgehead atoms. The van der Waals surface area contributed by atoms with Crippen LogP contribution in [0.1, 0.15) is 12.5 Å². The molecule has 0 radical (unpaired) electrons. The maximum atomic E-state index is 13.0. The van der Waals surface area contributed by atoms with Crippen molar-refractivity contribution in [3.05, 3.63) is 58.5 Å². The van der Waals surface area contributed by atoms with Crippen LogP contribution in [0.25, 0.3) is 16.7 Å². The van der Waals surface area contributed by atoms with Gasteiger partial charge in [0, 0.05) is 18.7 Å². The number of hydrogen-bond donors (Lipinski definition) is 2. The summed E-state index contributed by atoms with van der Waals surface area (Å²) in [6, 6.07) is 10.4. The van der Waals surface area contributed by atoms with Gasteiger partial charge in [-0.15, -0.1) is 0 Å². The first-order valence-electron chi connectivity index (χ1n) is 7.57. The van der Waals surface area contributed by atoms with Crippen LogP contribution in [0.3, 0.4) is 0 Å². The summed E-state index contributed by atoms with van der Waals surface area (Å²) < 4.78 is 6.65. The van der Waals surface area contributed by atoms with Gasteiger partial charge in [-0.25, -0.2) is 4.98 Å². The van der Waals surface area contributed by atoms with Gasteiger partial charge in [-0.05, 0) is 31.2 Å². The van der Waals surface area contributed by atoms with Crippen LogP contribution in [0.15, 0.2) is 47.4 Å². The van der Waals surface area contributed by atoms with Crippen molar-refractivity contribution in [1.82, 2.24) is 9.55 Å². The van der Waals surface area contributed by atoms with E-state index in [1.807, 2.05) is 0 Å². The Balaban J connectivity index is 2.39. The first-order valence-corrected chi connectivity index (χ1v) is 7.57. The zero-order chi connectivity index (χ0) is 17.3. The van der Waals surface area contributed by atoms with E-state index in [-0.39, 0.29) is 17.7 Å². The van der Waals surface area contributed by atoms with Crippen LogP contribution in [-0.2, 0) is 6.42 Å². The lowest BCUT2D eigenvalue weighted by Crippen LogP contribution is -2.25. The molecule has 1 atom stereocenters. The largest absolute Gasteiger partial charge is 0.507 e. The maximum Gasteiger partial charge on any atom is 0.263 e. The molecule has 0 saturated heterocycles. The van der Waals surface area contributed by atoms with Gasteiger partial charge in [-0.1, -0.05) is 6.07 Å². The predicted octanol–water partition coefficient (Wildman–Crippen LogP) is 2.02. The highest BCUT2D eigenvalue weighted by Crippen LogP contribution is 2.28. The fourth-order valence-corrected chi connectivity index (χ4v) is 2.72. The summed E-state index contributed by atoms with van der Waals surface area (Å²) in [5.41, 5.74) is 0.679. The first kappa shape index (κ1) is 16.0. The van der Waals surface area contributed by atoms with Crippen LogP contribution >= 0.6 is 0 Å². The lowest BCUT2D eigenvalue weighted by atomic mass is 10.1. The minimum Gasteiger partial charge on any atom is -0.507 e. The molecule has 0 amide bonds. The average Bonchev–Trinajstić information content (AvgIpc) is 2.59. The van der Waals surface area contributed by atoms with Gasteiger partial charge in [-0.2, -0.15) is 0 Å². The van der Waals surface area contributed by atoms with Gasteiger partial charge >= 0.3 is 0 Å². The topological polar surface area (TPSA) is 84.6 Å². The van der Waals surface area contributed by atoms with Crippen LogP contribution in [0.4, 0.5) is 0 Å². The molecule has 6 heteroatoms. The summed E-state index contributed by atoms with van der Waals surface area (Å²) in [7, 11) is 1.55. The van der Waals surface area contributed by atoms with E-state index in [9.17, 15) is 15.0 Å². The Hall–Kier alpha value is -2.86. The van der Waals surface area contributed by atoms with E-state index >= 15 is 0 Å². The minimum atomic E-state index is -0.753. The summed E-state index contributed by atoms with van der Waals surface area (Å²) >= 11 is 0. The minimum absolute atomic E-state index is 0.0550. The van der Waals surface area contributed by atoms with Crippen LogP contribution in [0.2, 0.25) is 0 Å². The van der Waals surface area contributed by atoms with E-state index in [1.54, 1.807) is 56.6 Å². The highest BCUT2D eigenvalue weighted by atomic mass is 16.5. The number of hydrogen-bond acceptors (Lipinski definition) is 5. The van der Waals surface area contributed by atoms with Gasteiger partial charge in [0.05, 0.1) is 29.9 Å². The zero-order valence-corrected chi connectivity index (χ0v) is 13.4. The maximum absolute atomic E-state index is 13.0. The van der Waals surface area contributed by atoms with Crippen molar-refractivity contribution in [3.63, 3.8) is 0 Å². The molecule has 0 aliphatic heterocycles. The van der Waals surface area contributed by atoms with Crippen molar-refractivity contribution in [3.8, 4) is 17.2 Å². The van der Waals surface area contributed by atoms with Gasteiger partial charge in [0.1, 0.15) is 11.5 Å². The number of aliphatic hydroxyl groups is 1. The number of fused-ring (bicyclic) bond motifs is 1. The molecule has 2 heterocycles. The van der Waals surface area contributed by atoms with E-state index in [0.29, 0.717) is 22.5 Å². The molecule has 3 aromatic rings. The van der Waals surface area contributed by atoms with Crippen molar-refractivity contribution in [1.29, 1.82) is 0 Å². The summed E-state index contributed by atoms with van der Waals surface area (Å²) in [4.78, 5) is 17.2. The summed E-state index contributed by atoms with van der Waals surface area (Å²) in [5, 5.41) is 20.6. The molecule has 2 aromatic heterocycles. The molecule has 2 N–H and O–H groups in total. The lowest BCUT2D eigenvalue weighted by Gasteiger charge is -2.15. The fourth-order valence-electron chi connectivity index (χ4n) is 2.72. The molecule has 6 nitrogen and oxygen atoms in total. The van der Waals surface area contributed by atoms with Crippen LogP contribution < -0.4 is 10.3 Å². The molecule has 0 fully saturated rings. The van der Waals surface area contributed by atoms with E-state index < -0.39 is 11.7 Å². The Bertz CT molecular complexity index is 947. The Labute approximate surface area is 138 Å². The van der Waals surface area contributed by atoms with Crippen molar-refractivity contribution in [2.75, 3.05) is 7.11 Å². The van der Waals surface area contributed by atoms with E-state index in [0.717, 1.165) is 0 Å². The van der Waals surface area contributed by atoms with Gasteiger partial charge in [-0.3, -0.25) is 9.36 Å². The van der Waals surface area contributed by atoms with Crippen molar-refractivity contribution in [2.24, 2.45) is 0 Å². The van der Waals surface area contributed by atoms with Gasteiger partial charge < -0.3 is 14.9 Å². The third-order valence-corrected chi connectivity index (χ3v) is 3.81. The molecule has 0 aliphatic carbocycles. The number of ether oxygens (including phenoxy) is 1. The Morgan fingerprint density at radius 3 is 2.79 bits per heavy atom. The molecule has 1 unspecified atom stereocenters. The second-order valence-electron chi connectivity index (χ2n) is 5.60. The molecule has 1 aromatic carbocycles. The van der Waals surface area contributed by atoms with Crippen LogP contribution in [-0.4, -0.2) is 33.0 Å². The molecule has 124 valence electrons. The average molecular weight is 326 g/mol. The predicted molar refractivity (Wildman–Crippen MR) is 90.9 cm³/mol. The zero-order valence-electron chi connectivity index (χ0n) is 13.4. The third-order valence-electron chi connectivity index (χ3n) is 3.81. The monoisotopic (exact) mass is 326 g/mol. The molecular formula is C18H18N2O4. The van der Waals surface area contributed by atoms with Gasteiger partial charge in [0.2, 0.25) is 0 Å². The van der Waals surface area contributed by atoms with E-state index in [4.69, 9.17) is 4.74 Å². The number of nitrogens with zero attached hydrogens (tertiary/aromatic N) is 2. The number of benzene rings is 1. The fraction of sp³-hybridized carbons (Fsp3) is 0.222. The number of aromatic hydroxyl groups is 1. The Morgan fingerprint density at radius 2 is 2.08 bits per heavy atom.